The number of ether oxygens (including phenoxy) is 2. The smallest absolute Gasteiger partial charge is 0.331 e. The fraction of sp³-hybridized carbons (Fsp3) is 0.500. The van der Waals surface area contributed by atoms with Gasteiger partial charge in [-0.05, 0) is 6.42 Å². The summed E-state index contributed by atoms with van der Waals surface area (Å²) in [6, 6.07) is 0. The molecule has 19 heavy (non-hydrogen) atoms. The molecule has 0 atom stereocenters. The third-order valence-corrected chi connectivity index (χ3v) is 2.50. The van der Waals surface area contributed by atoms with Crippen molar-refractivity contribution in [1.29, 1.82) is 0 Å². The van der Waals surface area contributed by atoms with E-state index < -0.39 is 11.9 Å². The second-order valence-electron chi connectivity index (χ2n) is 3.82. The molecule has 0 aromatic rings. The van der Waals surface area contributed by atoms with Crippen LogP contribution >= 0.6 is 0 Å². The maximum Gasteiger partial charge on any atom is 0.331 e. The highest BCUT2D eigenvalue weighted by Gasteiger charge is 2.25. The number of amides is 2. The van der Waals surface area contributed by atoms with Gasteiger partial charge in [-0.1, -0.05) is 0 Å². The Bertz CT molecular complexity index is 398. The van der Waals surface area contributed by atoms with Gasteiger partial charge in [-0.25, -0.2) is 9.59 Å². The Balaban J connectivity index is 2.31. The lowest BCUT2D eigenvalue weighted by Crippen LogP contribution is -2.42. The van der Waals surface area contributed by atoms with Crippen LogP contribution in [0.3, 0.4) is 0 Å². The number of hydrogen-bond donors (Lipinski definition) is 0. The van der Waals surface area contributed by atoms with E-state index in [-0.39, 0.29) is 25.0 Å². The van der Waals surface area contributed by atoms with Crippen LogP contribution in [0.15, 0.2) is 12.2 Å². The third-order valence-electron chi connectivity index (χ3n) is 2.50. The lowest BCUT2D eigenvalue weighted by atomic mass is 10.1. The number of likely N-dealkylation sites (tertiary alicyclic amines) is 1. The Morgan fingerprint density at radius 3 is 2.32 bits per heavy atom. The van der Waals surface area contributed by atoms with E-state index in [0.29, 0.717) is 19.3 Å². The molecule has 1 saturated heterocycles. The molecule has 0 unspecified atom stereocenters. The standard InChI is InChI=1S/C12H15NO6/c1-18-11(16)5-6-12(17)19-8-7-13-9(14)3-2-4-10(13)15/h5-6H,2-4,7-8H2,1H3/b6-5+. The molecule has 1 aliphatic heterocycles. The molecule has 7 heteroatoms. The molecule has 0 aromatic heterocycles. The van der Waals surface area contributed by atoms with Crippen molar-refractivity contribution in [3.8, 4) is 0 Å². The van der Waals surface area contributed by atoms with Crippen molar-refractivity contribution in [2.75, 3.05) is 20.3 Å². The summed E-state index contributed by atoms with van der Waals surface area (Å²) in [5.41, 5.74) is 0. The number of carbonyl (C=O) groups is 4. The van der Waals surface area contributed by atoms with Crippen molar-refractivity contribution in [3.63, 3.8) is 0 Å². The first-order valence-corrected chi connectivity index (χ1v) is 5.80. The van der Waals surface area contributed by atoms with E-state index in [2.05, 4.69) is 4.74 Å². The van der Waals surface area contributed by atoms with Crippen LogP contribution in [0.25, 0.3) is 0 Å². The SMILES string of the molecule is COC(=O)/C=C/C(=O)OCCN1C(=O)CCCC1=O. The van der Waals surface area contributed by atoms with Gasteiger partial charge in [-0.3, -0.25) is 14.5 Å². The van der Waals surface area contributed by atoms with Crippen LogP contribution in [-0.2, 0) is 28.7 Å². The number of carbonyl (C=O) groups excluding carboxylic acids is 4. The van der Waals surface area contributed by atoms with Gasteiger partial charge >= 0.3 is 11.9 Å². The maximum absolute atomic E-state index is 11.4. The zero-order valence-electron chi connectivity index (χ0n) is 10.6. The summed E-state index contributed by atoms with van der Waals surface area (Å²) in [5, 5.41) is 0. The van der Waals surface area contributed by atoms with Crippen molar-refractivity contribution in [2.24, 2.45) is 0 Å². The van der Waals surface area contributed by atoms with Gasteiger partial charge in [0.1, 0.15) is 6.61 Å². The van der Waals surface area contributed by atoms with Gasteiger partial charge in [0.25, 0.3) is 0 Å². The van der Waals surface area contributed by atoms with Gasteiger partial charge in [0.15, 0.2) is 0 Å². The molecule has 1 fully saturated rings. The Kier molecular flexibility index (Phi) is 5.72. The van der Waals surface area contributed by atoms with E-state index in [9.17, 15) is 19.2 Å². The molecule has 0 bridgehead atoms. The molecule has 1 aliphatic rings. The van der Waals surface area contributed by atoms with E-state index in [1.54, 1.807) is 0 Å². The van der Waals surface area contributed by atoms with E-state index in [4.69, 9.17) is 4.74 Å². The Labute approximate surface area is 110 Å². The lowest BCUT2D eigenvalue weighted by molar-refractivity contribution is -0.151. The first-order chi connectivity index (χ1) is 9.04. The monoisotopic (exact) mass is 269 g/mol. The summed E-state index contributed by atoms with van der Waals surface area (Å²) in [6.45, 7) is -0.0582. The number of methoxy groups -OCH3 is 1. The third kappa shape index (κ3) is 4.90. The second kappa shape index (κ2) is 7.30. The fourth-order valence-electron chi connectivity index (χ4n) is 1.54. The van der Waals surface area contributed by atoms with Crippen molar-refractivity contribution in [1.82, 2.24) is 4.90 Å². The van der Waals surface area contributed by atoms with Gasteiger partial charge in [0.2, 0.25) is 11.8 Å². The zero-order valence-corrected chi connectivity index (χ0v) is 10.6. The van der Waals surface area contributed by atoms with E-state index in [0.717, 1.165) is 17.1 Å². The largest absolute Gasteiger partial charge is 0.466 e. The Morgan fingerprint density at radius 2 is 1.74 bits per heavy atom. The van der Waals surface area contributed by atoms with Gasteiger partial charge in [0.05, 0.1) is 13.7 Å². The van der Waals surface area contributed by atoms with E-state index >= 15 is 0 Å². The zero-order chi connectivity index (χ0) is 14.3. The molecule has 0 aliphatic carbocycles. The summed E-state index contributed by atoms with van der Waals surface area (Å²) in [4.78, 5) is 45.8. The molecule has 0 spiro atoms. The first kappa shape index (κ1) is 14.9. The number of rotatable bonds is 5. The Hall–Kier alpha value is -2.18. The molecule has 1 heterocycles. The summed E-state index contributed by atoms with van der Waals surface area (Å²) in [5.74, 6) is -1.91. The lowest BCUT2D eigenvalue weighted by Gasteiger charge is -2.24. The van der Waals surface area contributed by atoms with E-state index in [1.165, 1.54) is 7.11 Å². The van der Waals surface area contributed by atoms with Crippen LogP contribution < -0.4 is 0 Å². The molecule has 0 radical (unpaired) electrons. The summed E-state index contributed by atoms with van der Waals surface area (Å²) < 4.78 is 9.05. The fourth-order valence-corrected chi connectivity index (χ4v) is 1.54. The average Bonchev–Trinajstić information content (AvgIpc) is 2.39. The van der Waals surface area contributed by atoms with Crippen LogP contribution in [-0.4, -0.2) is 48.9 Å². The van der Waals surface area contributed by atoms with Crippen molar-refractivity contribution < 1.29 is 28.7 Å². The maximum atomic E-state index is 11.4. The molecular weight excluding hydrogens is 254 g/mol. The number of esters is 2. The Morgan fingerprint density at radius 1 is 1.16 bits per heavy atom. The van der Waals surface area contributed by atoms with Gasteiger partial charge < -0.3 is 9.47 Å². The average molecular weight is 269 g/mol. The minimum atomic E-state index is -0.734. The molecular formula is C12H15NO6. The van der Waals surface area contributed by atoms with Crippen molar-refractivity contribution in [2.45, 2.75) is 19.3 Å². The van der Waals surface area contributed by atoms with Gasteiger partial charge in [-0.2, -0.15) is 0 Å². The predicted molar refractivity (Wildman–Crippen MR) is 62.7 cm³/mol. The molecule has 1 rings (SSSR count). The van der Waals surface area contributed by atoms with Crippen molar-refractivity contribution >= 4 is 23.8 Å². The van der Waals surface area contributed by atoms with Crippen LogP contribution in [0.5, 0.6) is 0 Å². The van der Waals surface area contributed by atoms with Crippen LogP contribution in [0.2, 0.25) is 0 Å². The topological polar surface area (TPSA) is 90.0 Å². The van der Waals surface area contributed by atoms with Crippen molar-refractivity contribution in [3.05, 3.63) is 12.2 Å². The highest BCUT2D eigenvalue weighted by Crippen LogP contribution is 2.11. The summed E-state index contributed by atoms with van der Waals surface area (Å²) in [7, 11) is 1.19. The minimum absolute atomic E-state index is 0.0372. The van der Waals surface area contributed by atoms with E-state index in [1.807, 2.05) is 0 Å². The summed E-state index contributed by atoms with van der Waals surface area (Å²) >= 11 is 0. The normalized spacial score (nSPS) is 15.7. The van der Waals surface area contributed by atoms with Gasteiger partial charge in [0, 0.05) is 25.0 Å². The number of imide groups is 1. The first-order valence-electron chi connectivity index (χ1n) is 5.80. The number of nitrogens with zero attached hydrogens (tertiary/aromatic N) is 1. The number of hydrogen-bond acceptors (Lipinski definition) is 6. The summed E-state index contributed by atoms with van der Waals surface area (Å²) in [6.07, 6.45) is 3.09. The predicted octanol–water partition coefficient (Wildman–Crippen LogP) is -0.202. The molecule has 7 nitrogen and oxygen atoms in total. The van der Waals surface area contributed by atoms with Crippen LogP contribution in [0.4, 0.5) is 0 Å². The quantitative estimate of drug-likeness (QED) is 0.390. The molecule has 0 saturated carbocycles. The second-order valence-corrected chi connectivity index (χ2v) is 3.82. The number of piperidine rings is 1. The molecule has 2 amide bonds. The molecule has 104 valence electrons. The molecule has 0 aromatic carbocycles. The molecule has 0 N–H and O–H groups in total. The highest BCUT2D eigenvalue weighted by atomic mass is 16.5. The van der Waals surface area contributed by atoms with Crippen LogP contribution in [0.1, 0.15) is 19.3 Å². The highest BCUT2D eigenvalue weighted by molar-refractivity contribution is 5.97. The van der Waals surface area contributed by atoms with Gasteiger partial charge in [-0.15, -0.1) is 0 Å². The van der Waals surface area contributed by atoms with Crippen LogP contribution in [0, 0.1) is 0 Å². The minimum Gasteiger partial charge on any atom is -0.466 e.